The van der Waals surface area contributed by atoms with Crippen LogP contribution in [0.15, 0.2) is 29.1 Å². The molecule has 0 saturated carbocycles. The molecule has 2 aromatic rings. The largest absolute Gasteiger partial charge is 0.428 e. The van der Waals surface area contributed by atoms with Crippen LogP contribution >= 0.6 is 11.6 Å². The average Bonchev–Trinajstić information content (AvgIpc) is 2.14. The predicted molar refractivity (Wildman–Crippen MR) is 55.1 cm³/mol. The Morgan fingerprint density at radius 2 is 2.07 bits per heavy atom. The number of halogens is 1. The van der Waals surface area contributed by atoms with Gasteiger partial charge in [0.05, 0.1) is 16.6 Å². The van der Waals surface area contributed by atoms with Crippen molar-refractivity contribution in [3.63, 3.8) is 0 Å². The molecule has 2 rings (SSSR count). The summed E-state index contributed by atoms with van der Waals surface area (Å²) in [6, 6.07) is 6.17. The van der Waals surface area contributed by atoms with E-state index >= 15 is 0 Å². The zero-order valence-corrected chi connectivity index (χ0v) is 8.25. The molecule has 1 N–H and O–H groups in total. The Balaban J connectivity index is 3.02. The molecule has 1 aromatic carbocycles. The molecule has 0 saturated heterocycles. The maximum Gasteiger partial charge on any atom is 0.189 e. The second-order valence-corrected chi connectivity index (χ2v) is 3.56. The molecule has 4 heteroatoms. The first-order valence-corrected chi connectivity index (χ1v) is 4.48. The van der Waals surface area contributed by atoms with Crippen LogP contribution in [0.5, 0.6) is 0 Å². The molecule has 0 amide bonds. The number of benzene rings is 1. The van der Waals surface area contributed by atoms with Gasteiger partial charge < -0.3 is 5.21 Å². The van der Waals surface area contributed by atoms with Gasteiger partial charge in [0.2, 0.25) is 0 Å². The number of hydrogen-bond donors (Lipinski definition) is 1. The van der Waals surface area contributed by atoms with E-state index in [1.165, 1.54) is 6.07 Å². The summed E-state index contributed by atoms with van der Waals surface area (Å²) in [5.74, 6) is 0. The first-order chi connectivity index (χ1) is 6.59. The van der Waals surface area contributed by atoms with Crippen molar-refractivity contribution in [2.24, 2.45) is 0 Å². The summed E-state index contributed by atoms with van der Waals surface area (Å²) in [4.78, 5) is 11.5. The van der Waals surface area contributed by atoms with E-state index in [0.717, 1.165) is 4.73 Å². The highest BCUT2D eigenvalue weighted by atomic mass is 35.5. The minimum absolute atomic E-state index is 0.134. The predicted octanol–water partition coefficient (Wildman–Crippen LogP) is 2.20. The van der Waals surface area contributed by atoms with Crippen LogP contribution in [0.4, 0.5) is 0 Å². The maximum atomic E-state index is 11.5. The quantitative estimate of drug-likeness (QED) is 0.676. The summed E-state index contributed by atoms with van der Waals surface area (Å²) in [5.41, 5.74) is 0.842. The number of pyridine rings is 1. The Labute approximate surface area is 85.1 Å². The Morgan fingerprint density at radius 1 is 1.36 bits per heavy atom. The van der Waals surface area contributed by atoms with E-state index in [-0.39, 0.29) is 5.43 Å². The zero-order valence-electron chi connectivity index (χ0n) is 7.49. The van der Waals surface area contributed by atoms with Crippen LogP contribution in [0.2, 0.25) is 5.02 Å². The van der Waals surface area contributed by atoms with Crippen molar-refractivity contribution >= 4 is 22.5 Å². The number of hydrogen-bond acceptors (Lipinski definition) is 2. The Hall–Kier alpha value is -1.48. The van der Waals surface area contributed by atoms with E-state index in [2.05, 4.69) is 0 Å². The van der Waals surface area contributed by atoms with Crippen molar-refractivity contribution in [3.8, 4) is 0 Å². The van der Waals surface area contributed by atoms with Crippen LogP contribution in [-0.2, 0) is 0 Å². The van der Waals surface area contributed by atoms with Crippen LogP contribution < -0.4 is 5.43 Å². The lowest BCUT2D eigenvalue weighted by Crippen LogP contribution is -2.09. The van der Waals surface area contributed by atoms with E-state index < -0.39 is 0 Å². The molecule has 3 nitrogen and oxygen atoms in total. The first-order valence-electron chi connectivity index (χ1n) is 4.11. The third-order valence-electron chi connectivity index (χ3n) is 2.13. The average molecular weight is 210 g/mol. The van der Waals surface area contributed by atoms with Gasteiger partial charge in [-0.25, -0.2) is 0 Å². The maximum absolute atomic E-state index is 11.5. The lowest BCUT2D eigenvalue weighted by atomic mass is 10.2. The SMILES string of the molecule is Cc1cc(=O)c2cc(Cl)ccc2n1O. The van der Waals surface area contributed by atoms with Gasteiger partial charge in [0.25, 0.3) is 0 Å². The van der Waals surface area contributed by atoms with Gasteiger partial charge in [-0.15, -0.1) is 0 Å². The summed E-state index contributed by atoms with van der Waals surface area (Å²) in [6.07, 6.45) is 0. The van der Waals surface area contributed by atoms with Crippen molar-refractivity contribution in [3.05, 3.63) is 45.2 Å². The zero-order chi connectivity index (χ0) is 10.3. The van der Waals surface area contributed by atoms with Gasteiger partial charge >= 0.3 is 0 Å². The molecule has 1 aromatic heterocycles. The minimum atomic E-state index is -0.134. The van der Waals surface area contributed by atoms with Crippen LogP contribution in [0.1, 0.15) is 5.69 Å². The lowest BCUT2D eigenvalue weighted by molar-refractivity contribution is 0.191. The van der Waals surface area contributed by atoms with E-state index in [0.29, 0.717) is 21.6 Å². The topological polar surface area (TPSA) is 42.2 Å². The molecule has 0 aliphatic carbocycles. The van der Waals surface area contributed by atoms with E-state index in [1.54, 1.807) is 25.1 Å². The van der Waals surface area contributed by atoms with Gasteiger partial charge in [-0.2, -0.15) is 4.73 Å². The third kappa shape index (κ3) is 1.26. The Kier molecular flexibility index (Phi) is 1.97. The van der Waals surface area contributed by atoms with Gasteiger partial charge in [-0.1, -0.05) is 11.6 Å². The van der Waals surface area contributed by atoms with E-state index in [1.807, 2.05) is 0 Å². The Morgan fingerprint density at radius 3 is 2.79 bits per heavy atom. The van der Waals surface area contributed by atoms with Gasteiger partial charge in [0.1, 0.15) is 0 Å². The third-order valence-corrected chi connectivity index (χ3v) is 2.36. The second kappa shape index (κ2) is 3.03. The van der Waals surface area contributed by atoms with Crippen LogP contribution in [0, 0.1) is 6.92 Å². The highest BCUT2D eigenvalue weighted by molar-refractivity contribution is 6.31. The van der Waals surface area contributed by atoms with Crippen molar-refractivity contribution in [2.45, 2.75) is 6.92 Å². The molecule has 0 spiro atoms. The normalized spacial score (nSPS) is 10.7. The Bertz CT molecular complexity index is 560. The molecule has 0 fully saturated rings. The molecule has 0 radical (unpaired) electrons. The summed E-state index contributed by atoms with van der Waals surface area (Å²) < 4.78 is 0.979. The van der Waals surface area contributed by atoms with E-state index in [4.69, 9.17) is 11.6 Å². The minimum Gasteiger partial charge on any atom is -0.428 e. The van der Waals surface area contributed by atoms with Crippen molar-refractivity contribution in [1.29, 1.82) is 0 Å². The van der Waals surface area contributed by atoms with Gasteiger partial charge in [0.15, 0.2) is 5.43 Å². The highest BCUT2D eigenvalue weighted by Crippen LogP contribution is 2.16. The molecule has 14 heavy (non-hydrogen) atoms. The monoisotopic (exact) mass is 209 g/mol. The standard InChI is InChI=1S/C10H8ClNO2/c1-6-4-10(13)8-5-7(11)2-3-9(8)12(6)14/h2-5,14H,1H3. The van der Waals surface area contributed by atoms with Gasteiger partial charge in [-0.3, -0.25) is 4.79 Å². The number of rotatable bonds is 0. The van der Waals surface area contributed by atoms with Gasteiger partial charge in [-0.05, 0) is 25.1 Å². The molecular formula is C10H8ClNO2. The smallest absolute Gasteiger partial charge is 0.189 e. The fraction of sp³-hybridized carbons (Fsp3) is 0.100. The second-order valence-electron chi connectivity index (χ2n) is 3.12. The van der Waals surface area contributed by atoms with Crippen molar-refractivity contribution in [2.75, 3.05) is 0 Å². The fourth-order valence-electron chi connectivity index (χ4n) is 1.41. The summed E-state index contributed by atoms with van der Waals surface area (Å²) in [7, 11) is 0. The molecule has 72 valence electrons. The first kappa shape index (κ1) is 9.09. The van der Waals surface area contributed by atoms with Crippen molar-refractivity contribution < 1.29 is 5.21 Å². The summed E-state index contributed by atoms with van der Waals surface area (Å²) >= 11 is 5.75. The van der Waals surface area contributed by atoms with E-state index in [9.17, 15) is 10.0 Å². The molecule has 1 heterocycles. The summed E-state index contributed by atoms with van der Waals surface area (Å²) in [5, 5.41) is 10.5. The van der Waals surface area contributed by atoms with Crippen LogP contribution in [0.3, 0.4) is 0 Å². The molecular weight excluding hydrogens is 202 g/mol. The number of aryl methyl sites for hydroxylation is 1. The molecule has 0 atom stereocenters. The highest BCUT2D eigenvalue weighted by Gasteiger charge is 2.05. The number of nitrogens with zero attached hydrogens (tertiary/aromatic N) is 1. The molecule has 0 aliphatic heterocycles. The molecule has 0 aliphatic rings. The molecule has 0 bridgehead atoms. The number of aromatic nitrogens is 1. The van der Waals surface area contributed by atoms with Crippen LogP contribution in [-0.4, -0.2) is 9.94 Å². The van der Waals surface area contributed by atoms with Gasteiger partial charge in [0, 0.05) is 11.1 Å². The lowest BCUT2D eigenvalue weighted by Gasteiger charge is -2.06. The number of fused-ring (bicyclic) bond motifs is 1. The summed E-state index contributed by atoms with van der Waals surface area (Å²) in [6.45, 7) is 1.66. The van der Waals surface area contributed by atoms with Crippen LogP contribution in [0.25, 0.3) is 10.9 Å². The van der Waals surface area contributed by atoms with Crippen molar-refractivity contribution in [1.82, 2.24) is 4.73 Å². The fourth-order valence-corrected chi connectivity index (χ4v) is 1.58. The molecule has 0 unspecified atom stereocenters.